The molecule has 0 saturated heterocycles. The second-order valence-corrected chi connectivity index (χ2v) is 4.90. The lowest BCUT2D eigenvalue weighted by Crippen LogP contribution is -2.05. The third kappa shape index (κ3) is 3.94. The number of anilines is 1. The fraction of sp³-hybridized carbons (Fsp3) is 0.294. The number of hydrogen-bond acceptors (Lipinski definition) is 2. The molecule has 0 aliphatic rings. The zero-order valence-corrected chi connectivity index (χ0v) is 12.2. The summed E-state index contributed by atoms with van der Waals surface area (Å²) in [7, 11) is 0. The molecule has 0 fully saturated rings. The molecule has 4 heteroatoms. The van der Waals surface area contributed by atoms with Gasteiger partial charge in [0.15, 0.2) is 5.82 Å². The van der Waals surface area contributed by atoms with Gasteiger partial charge in [0, 0.05) is 6.54 Å². The normalized spacial score (nSPS) is 10.5. The van der Waals surface area contributed by atoms with Crippen LogP contribution < -0.4 is 10.1 Å². The van der Waals surface area contributed by atoms with E-state index in [0.717, 1.165) is 17.7 Å². The molecule has 0 saturated carbocycles. The summed E-state index contributed by atoms with van der Waals surface area (Å²) in [5.41, 5.74) is 1.27. The quantitative estimate of drug-likeness (QED) is 0.834. The topological polar surface area (TPSA) is 21.3 Å². The van der Waals surface area contributed by atoms with Crippen LogP contribution in [-0.2, 0) is 6.54 Å². The predicted octanol–water partition coefficient (Wildman–Crippen LogP) is 4.67. The largest absolute Gasteiger partial charge is 0.494 e. The van der Waals surface area contributed by atoms with Gasteiger partial charge in [-0.2, -0.15) is 0 Å². The number of rotatable bonds is 6. The van der Waals surface area contributed by atoms with Gasteiger partial charge >= 0.3 is 0 Å². The summed E-state index contributed by atoms with van der Waals surface area (Å²) in [5.74, 6) is -0.326. The summed E-state index contributed by atoms with van der Waals surface area (Å²) >= 11 is 0. The molecule has 0 unspecified atom stereocenters. The van der Waals surface area contributed by atoms with Gasteiger partial charge < -0.3 is 10.1 Å². The lowest BCUT2D eigenvalue weighted by molar-refractivity contribution is 0.317. The first-order valence-corrected chi connectivity index (χ1v) is 7.02. The van der Waals surface area contributed by atoms with Crippen molar-refractivity contribution >= 4 is 5.69 Å². The van der Waals surface area contributed by atoms with Gasteiger partial charge in [-0.1, -0.05) is 25.1 Å². The fourth-order valence-electron chi connectivity index (χ4n) is 1.93. The first-order valence-electron chi connectivity index (χ1n) is 7.02. The Bertz CT molecular complexity index is 596. The maximum Gasteiger partial charge on any atom is 0.152 e. The molecular formula is C17H19F2NO. The Morgan fingerprint density at radius 1 is 1.05 bits per heavy atom. The maximum absolute atomic E-state index is 13.8. The minimum atomic E-state index is -0.582. The predicted molar refractivity (Wildman–Crippen MR) is 80.6 cm³/mol. The van der Waals surface area contributed by atoms with Crippen LogP contribution in [-0.4, -0.2) is 6.61 Å². The number of benzene rings is 2. The van der Waals surface area contributed by atoms with Gasteiger partial charge in [-0.3, -0.25) is 0 Å². The number of halogens is 2. The van der Waals surface area contributed by atoms with Crippen LogP contribution in [0.15, 0.2) is 36.4 Å². The second-order valence-electron chi connectivity index (χ2n) is 4.90. The van der Waals surface area contributed by atoms with E-state index in [4.69, 9.17) is 4.74 Å². The molecule has 0 amide bonds. The Balaban J connectivity index is 2.02. The summed E-state index contributed by atoms with van der Waals surface area (Å²) in [4.78, 5) is 0. The molecule has 112 valence electrons. The molecular weight excluding hydrogens is 272 g/mol. The van der Waals surface area contributed by atoms with Crippen LogP contribution in [0, 0.1) is 18.6 Å². The van der Waals surface area contributed by atoms with Crippen LogP contribution >= 0.6 is 0 Å². The molecule has 2 nitrogen and oxygen atoms in total. The van der Waals surface area contributed by atoms with Gasteiger partial charge in [0.05, 0.1) is 6.61 Å². The average Bonchev–Trinajstić information content (AvgIpc) is 2.50. The Hall–Kier alpha value is -2.10. The number of hydrogen-bond donors (Lipinski definition) is 1. The first kappa shape index (κ1) is 15.3. The van der Waals surface area contributed by atoms with E-state index >= 15 is 0 Å². The summed E-state index contributed by atoms with van der Waals surface area (Å²) in [5, 5.41) is 2.81. The van der Waals surface area contributed by atoms with Gasteiger partial charge in [-0.25, -0.2) is 8.78 Å². The van der Waals surface area contributed by atoms with Gasteiger partial charge in [0.1, 0.15) is 17.3 Å². The highest BCUT2D eigenvalue weighted by Crippen LogP contribution is 2.22. The van der Waals surface area contributed by atoms with E-state index in [-0.39, 0.29) is 5.69 Å². The zero-order valence-electron chi connectivity index (χ0n) is 12.2. The minimum absolute atomic E-state index is 0.0821. The van der Waals surface area contributed by atoms with E-state index in [0.29, 0.717) is 18.7 Å². The van der Waals surface area contributed by atoms with Gasteiger partial charge in [0.25, 0.3) is 0 Å². The molecule has 0 aliphatic carbocycles. The highest BCUT2D eigenvalue weighted by Gasteiger charge is 2.10. The van der Waals surface area contributed by atoms with Crippen molar-refractivity contribution in [3.63, 3.8) is 0 Å². The standard InChI is InChI=1S/C17H19F2NO/c1-3-10-21-14-7-5-13(6-8-14)11-20-17-15(18)9-4-12(2)16(17)19/h4-9,20H,3,10-11H2,1-2H3. The van der Waals surface area contributed by atoms with Gasteiger partial charge in [-0.05, 0) is 42.7 Å². The molecule has 0 heterocycles. The molecule has 0 aromatic heterocycles. The Morgan fingerprint density at radius 3 is 2.43 bits per heavy atom. The third-order valence-electron chi connectivity index (χ3n) is 3.15. The molecule has 0 atom stereocenters. The van der Waals surface area contributed by atoms with Crippen molar-refractivity contribution in [2.45, 2.75) is 26.8 Å². The van der Waals surface area contributed by atoms with Crippen LogP contribution in [0.25, 0.3) is 0 Å². The molecule has 1 N–H and O–H groups in total. The minimum Gasteiger partial charge on any atom is -0.494 e. The Kier molecular flexibility index (Phi) is 5.14. The smallest absolute Gasteiger partial charge is 0.152 e. The van der Waals surface area contributed by atoms with E-state index in [1.54, 1.807) is 6.92 Å². The number of nitrogens with one attached hydrogen (secondary N) is 1. The highest BCUT2D eigenvalue weighted by atomic mass is 19.1. The number of aryl methyl sites for hydroxylation is 1. The molecule has 0 radical (unpaired) electrons. The average molecular weight is 291 g/mol. The summed E-state index contributed by atoms with van der Waals surface area (Å²) in [6, 6.07) is 10.2. The fourth-order valence-corrected chi connectivity index (χ4v) is 1.93. The Morgan fingerprint density at radius 2 is 1.76 bits per heavy atom. The van der Waals surface area contributed by atoms with Gasteiger partial charge in [-0.15, -0.1) is 0 Å². The highest BCUT2D eigenvalue weighted by molar-refractivity contribution is 5.49. The van der Waals surface area contributed by atoms with Crippen LogP contribution in [0.5, 0.6) is 5.75 Å². The summed E-state index contributed by atoms with van der Waals surface area (Å²) < 4.78 is 32.9. The van der Waals surface area contributed by atoms with Crippen molar-refractivity contribution in [3.8, 4) is 5.75 Å². The van der Waals surface area contributed by atoms with E-state index in [1.807, 2.05) is 31.2 Å². The second kappa shape index (κ2) is 7.07. The van der Waals surface area contributed by atoms with Crippen LogP contribution in [0.4, 0.5) is 14.5 Å². The van der Waals surface area contributed by atoms with Crippen molar-refractivity contribution in [1.29, 1.82) is 0 Å². The third-order valence-corrected chi connectivity index (χ3v) is 3.15. The lowest BCUT2D eigenvalue weighted by atomic mass is 10.1. The van der Waals surface area contributed by atoms with Crippen molar-refractivity contribution in [2.75, 3.05) is 11.9 Å². The lowest BCUT2D eigenvalue weighted by Gasteiger charge is -2.11. The molecule has 2 aromatic rings. The first-order chi connectivity index (χ1) is 10.1. The van der Waals surface area contributed by atoms with Crippen molar-refractivity contribution in [1.82, 2.24) is 0 Å². The van der Waals surface area contributed by atoms with Crippen molar-refractivity contribution in [3.05, 3.63) is 59.2 Å². The number of ether oxygens (including phenoxy) is 1. The van der Waals surface area contributed by atoms with E-state index in [9.17, 15) is 8.78 Å². The SMILES string of the molecule is CCCOc1ccc(CNc2c(F)ccc(C)c2F)cc1. The molecule has 21 heavy (non-hydrogen) atoms. The molecule has 2 aromatic carbocycles. The van der Waals surface area contributed by atoms with E-state index in [2.05, 4.69) is 5.32 Å². The van der Waals surface area contributed by atoms with E-state index < -0.39 is 11.6 Å². The maximum atomic E-state index is 13.8. The van der Waals surface area contributed by atoms with Crippen LogP contribution in [0.2, 0.25) is 0 Å². The molecule has 0 aliphatic heterocycles. The summed E-state index contributed by atoms with van der Waals surface area (Å²) in [6.45, 7) is 4.69. The summed E-state index contributed by atoms with van der Waals surface area (Å²) in [6.07, 6.45) is 0.954. The zero-order chi connectivity index (χ0) is 15.2. The molecule has 0 bridgehead atoms. The van der Waals surface area contributed by atoms with Gasteiger partial charge in [0.2, 0.25) is 0 Å². The van der Waals surface area contributed by atoms with Crippen LogP contribution in [0.1, 0.15) is 24.5 Å². The van der Waals surface area contributed by atoms with Crippen molar-refractivity contribution < 1.29 is 13.5 Å². The Labute approximate surface area is 123 Å². The van der Waals surface area contributed by atoms with Crippen LogP contribution in [0.3, 0.4) is 0 Å². The monoisotopic (exact) mass is 291 g/mol. The van der Waals surface area contributed by atoms with E-state index in [1.165, 1.54) is 12.1 Å². The molecule has 2 rings (SSSR count). The molecule has 0 spiro atoms. The van der Waals surface area contributed by atoms with Crippen molar-refractivity contribution in [2.24, 2.45) is 0 Å².